The second-order valence-electron chi connectivity index (χ2n) is 14.4. The van der Waals surface area contributed by atoms with Gasteiger partial charge in [-0.3, -0.25) is 4.79 Å². The van der Waals surface area contributed by atoms with Gasteiger partial charge < -0.3 is 15.5 Å². The average Bonchev–Trinajstić information content (AvgIpc) is 3.13. The van der Waals surface area contributed by atoms with E-state index in [2.05, 4.69) is 79.9 Å². The largest absolute Gasteiger partial charge is 0.394 e. The fourth-order valence-corrected chi connectivity index (χ4v) is 6.13. The van der Waals surface area contributed by atoms with E-state index >= 15 is 0 Å². The van der Waals surface area contributed by atoms with Crippen molar-refractivity contribution in [1.29, 1.82) is 0 Å². The van der Waals surface area contributed by atoms with Gasteiger partial charge in [-0.1, -0.05) is 196 Å². The van der Waals surface area contributed by atoms with Gasteiger partial charge in [0.15, 0.2) is 0 Å². The zero-order chi connectivity index (χ0) is 37.1. The van der Waals surface area contributed by atoms with E-state index in [9.17, 15) is 15.0 Å². The molecule has 0 aliphatic rings. The standard InChI is InChI=1S/C47H83NO3/c1-3-5-7-9-11-13-15-16-17-18-19-20-21-22-23-24-25-26-27-28-29-30-31-32-33-35-37-39-41-43-47(51)48-45(44-49)46(50)42-40-38-36-34-14-12-10-8-6-4-2/h5,7,11,13-14,16-17,19-20,34,40,42,45-46,49-50H,3-4,6,8-10,12,15,18,21-33,35-39,41,43-44H2,1-2H3,(H,48,51)/b7-5-,13-11-,17-16-,20-19-,34-14+,42-40+. The van der Waals surface area contributed by atoms with Crippen molar-refractivity contribution < 1.29 is 15.0 Å². The minimum absolute atomic E-state index is 0.0785. The van der Waals surface area contributed by atoms with Crippen molar-refractivity contribution in [2.24, 2.45) is 0 Å². The summed E-state index contributed by atoms with van der Waals surface area (Å²) in [6, 6.07) is -0.639. The summed E-state index contributed by atoms with van der Waals surface area (Å²) in [6.45, 7) is 4.14. The predicted octanol–water partition coefficient (Wildman–Crippen LogP) is 13.5. The van der Waals surface area contributed by atoms with Gasteiger partial charge in [-0.25, -0.2) is 0 Å². The summed E-state index contributed by atoms with van der Waals surface area (Å²) in [5, 5.41) is 22.9. The van der Waals surface area contributed by atoms with Gasteiger partial charge in [-0.2, -0.15) is 0 Å². The number of rotatable bonds is 38. The lowest BCUT2D eigenvalue weighted by Crippen LogP contribution is -2.45. The van der Waals surface area contributed by atoms with Gasteiger partial charge in [-0.15, -0.1) is 0 Å². The number of hydrogen-bond donors (Lipinski definition) is 3. The maximum atomic E-state index is 12.3. The van der Waals surface area contributed by atoms with Crippen LogP contribution in [0.3, 0.4) is 0 Å². The molecule has 0 aromatic heterocycles. The Labute approximate surface area is 317 Å². The molecule has 0 aromatic carbocycles. The Bertz CT molecular complexity index is 899. The number of aliphatic hydroxyl groups excluding tert-OH is 2. The number of nitrogens with one attached hydrogen (secondary N) is 1. The molecule has 0 radical (unpaired) electrons. The molecule has 0 saturated carbocycles. The lowest BCUT2D eigenvalue weighted by molar-refractivity contribution is -0.123. The van der Waals surface area contributed by atoms with Crippen LogP contribution >= 0.6 is 0 Å². The van der Waals surface area contributed by atoms with Gasteiger partial charge in [0.05, 0.1) is 18.8 Å². The molecule has 0 fully saturated rings. The summed E-state index contributed by atoms with van der Waals surface area (Å²) in [6.07, 6.45) is 60.2. The van der Waals surface area contributed by atoms with Crippen molar-refractivity contribution in [3.05, 3.63) is 72.9 Å². The van der Waals surface area contributed by atoms with Crippen LogP contribution in [-0.2, 0) is 4.79 Å². The van der Waals surface area contributed by atoms with Crippen molar-refractivity contribution in [2.75, 3.05) is 6.61 Å². The van der Waals surface area contributed by atoms with Gasteiger partial charge in [0.1, 0.15) is 0 Å². The van der Waals surface area contributed by atoms with Crippen molar-refractivity contribution >= 4 is 5.91 Å². The molecule has 2 atom stereocenters. The maximum Gasteiger partial charge on any atom is 0.220 e. The number of hydrogen-bond acceptors (Lipinski definition) is 3. The highest BCUT2D eigenvalue weighted by Crippen LogP contribution is 2.15. The van der Waals surface area contributed by atoms with Crippen LogP contribution in [0.25, 0.3) is 0 Å². The number of carbonyl (C=O) groups excluding carboxylic acids is 1. The molecule has 4 nitrogen and oxygen atoms in total. The van der Waals surface area contributed by atoms with Crippen LogP contribution in [0.1, 0.15) is 200 Å². The van der Waals surface area contributed by atoms with Crippen molar-refractivity contribution in [1.82, 2.24) is 5.32 Å². The third-order valence-electron chi connectivity index (χ3n) is 9.42. The maximum absolute atomic E-state index is 12.3. The lowest BCUT2D eigenvalue weighted by Gasteiger charge is -2.19. The number of aliphatic hydroxyl groups is 2. The summed E-state index contributed by atoms with van der Waals surface area (Å²) in [4.78, 5) is 12.3. The number of unbranched alkanes of at least 4 members (excludes halogenated alkanes) is 21. The molecule has 0 aromatic rings. The zero-order valence-electron chi connectivity index (χ0n) is 33.6. The molecule has 4 heteroatoms. The number of allylic oxidation sites excluding steroid dienone is 11. The third kappa shape index (κ3) is 38.9. The minimum atomic E-state index is -0.861. The molecule has 51 heavy (non-hydrogen) atoms. The number of amides is 1. The molecule has 0 rings (SSSR count). The van der Waals surface area contributed by atoms with E-state index in [0.29, 0.717) is 6.42 Å². The molecule has 0 heterocycles. The molecule has 294 valence electrons. The first-order chi connectivity index (χ1) is 25.2. The van der Waals surface area contributed by atoms with Crippen LogP contribution in [0.4, 0.5) is 0 Å². The average molecular weight is 710 g/mol. The Hall–Kier alpha value is -2.17. The van der Waals surface area contributed by atoms with Gasteiger partial charge in [0, 0.05) is 6.42 Å². The van der Waals surface area contributed by atoms with Crippen LogP contribution in [0.15, 0.2) is 72.9 Å². The van der Waals surface area contributed by atoms with E-state index < -0.39 is 12.1 Å². The summed E-state index contributed by atoms with van der Waals surface area (Å²) >= 11 is 0. The van der Waals surface area contributed by atoms with Crippen LogP contribution in [0.5, 0.6) is 0 Å². The van der Waals surface area contributed by atoms with E-state index in [0.717, 1.165) is 57.8 Å². The van der Waals surface area contributed by atoms with Crippen molar-refractivity contribution in [2.45, 2.75) is 212 Å². The van der Waals surface area contributed by atoms with Crippen LogP contribution in [-0.4, -0.2) is 34.9 Å². The highest BCUT2D eigenvalue weighted by molar-refractivity contribution is 5.76. The van der Waals surface area contributed by atoms with E-state index in [-0.39, 0.29) is 12.5 Å². The quantitative estimate of drug-likeness (QED) is 0.0441. The normalized spacial score (nSPS) is 13.7. The molecule has 0 aliphatic heterocycles. The van der Waals surface area contributed by atoms with E-state index in [1.165, 1.54) is 122 Å². The highest BCUT2D eigenvalue weighted by Gasteiger charge is 2.17. The Balaban J connectivity index is 3.51. The first-order valence-corrected chi connectivity index (χ1v) is 21.7. The van der Waals surface area contributed by atoms with E-state index in [1.54, 1.807) is 6.08 Å². The van der Waals surface area contributed by atoms with Gasteiger partial charge in [0.25, 0.3) is 0 Å². The van der Waals surface area contributed by atoms with E-state index in [4.69, 9.17) is 0 Å². The lowest BCUT2D eigenvalue weighted by atomic mass is 10.0. The summed E-state index contributed by atoms with van der Waals surface area (Å²) in [5.74, 6) is -0.0785. The van der Waals surface area contributed by atoms with Crippen molar-refractivity contribution in [3.63, 3.8) is 0 Å². The first kappa shape index (κ1) is 48.8. The van der Waals surface area contributed by atoms with Gasteiger partial charge in [0.2, 0.25) is 5.91 Å². The molecular formula is C47H83NO3. The molecule has 0 aliphatic carbocycles. The molecular weight excluding hydrogens is 627 g/mol. The topological polar surface area (TPSA) is 69.6 Å². The smallest absolute Gasteiger partial charge is 0.220 e. The molecule has 0 saturated heterocycles. The molecule has 0 bridgehead atoms. The zero-order valence-corrected chi connectivity index (χ0v) is 33.6. The minimum Gasteiger partial charge on any atom is -0.394 e. The second kappa shape index (κ2) is 42.2. The highest BCUT2D eigenvalue weighted by atomic mass is 16.3. The first-order valence-electron chi connectivity index (χ1n) is 21.7. The fraction of sp³-hybridized carbons (Fsp3) is 0.723. The Morgan fingerprint density at radius 2 is 0.882 bits per heavy atom. The van der Waals surface area contributed by atoms with Crippen LogP contribution < -0.4 is 5.32 Å². The van der Waals surface area contributed by atoms with Gasteiger partial charge in [-0.05, 0) is 70.6 Å². The van der Waals surface area contributed by atoms with E-state index in [1.807, 2.05) is 6.08 Å². The monoisotopic (exact) mass is 710 g/mol. The number of carbonyl (C=O) groups is 1. The fourth-order valence-electron chi connectivity index (χ4n) is 6.13. The molecule has 3 N–H and O–H groups in total. The van der Waals surface area contributed by atoms with Gasteiger partial charge >= 0.3 is 0 Å². The predicted molar refractivity (Wildman–Crippen MR) is 225 cm³/mol. The molecule has 2 unspecified atom stereocenters. The Kier molecular flexibility index (Phi) is 40.4. The second-order valence-corrected chi connectivity index (χ2v) is 14.4. The summed E-state index contributed by atoms with van der Waals surface area (Å²) in [5.41, 5.74) is 0. The van der Waals surface area contributed by atoms with Crippen LogP contribution in [0.2, 0.25) is 0 Å². The Morgan fingerprint density at radius 1 is 0.490 bits per heavy atom. The Morgan fingerprint density at radius 3 is 1.37 bits per heavy atom. The summed E-state index contributed by atoms with van der Waals surface area (Å²) < 4.78 is 0. The summed E-state index contributed by atoms with van der Waals surface area (Å²) in [7, 11) is 0. The SMILES string of the molecule is CC/C=C\C/C=C\C/C=C\C/C=C\CCCCCCCCCCCCCCCCCCC(=O)NC(CO)C(O)/C=C/CC/C=C/CCCCCC. The van der Waals surface area contributed by atoms with Crippen LogP contribution in [0, 0.1) is 0 Å². The van der Waals surface area contributed by atoms with Crippen molar-refractivity contribution in [3.8, 4) is 0 Å². The molecule has 0 spiro atoms. The third-order valence-corrected chi connectivity index (χ3v) is 9.42. The molecule has 1 amide bonds.